The normalized spacial score (nSPS) is 19.9. The summed E-state index contributed by atoms with van der Waals surface area (Å²) in [5, 5.41) is 5.15. The number of halogens is 3. The number of rotatable bonds is 5. The predicted octanol–water partition coefficient (Wildman–Crippen LogP) is 2.58. The molecule has 1 aliphatic heterocycles. The number of hydrogen-bond donors (Lipinski definition) is 2. The van der Waals surface area contributed by atoms with Gasteiger partial charge in [-0.2, -0.15) is 0 Å². The highest BCUT2D eigenvalue weighted by molar-refractivity contribution is 5.95. The highest BCUT2D eigenvalue weighted by atomic mass is 35.5. The van der Waals surface area contributed by atoms with E-state index in [1.165, 1.54) is 0 Å². The van der Waals surface area contributed by atoms with Crippen LogP contribution in [0.25, 0.3) is 0 Å². The van der Waals surface area contributed by atoms with Gasteiger partial charge in [-0.05, 0) is 24.6 Å². The van der Waals surface area contributed by atoms with Gasteiger partial charge in [-0.1, -0.05) is 12.1 Å². The molecule has 118 valence electrons. The van der Waals surface area contributed by atoms with Crippen LogP contribution in [0.5, 0.6) is 0 Å². The minimum atomic E-state index is -2.80. The van der Waals surface area contributed by atoms with Gasteiger partial charge in [-0.25, -0.2) is 8.78 Å². The molecule has 1 amide bonds. The Morgan fingerprint density at radius 2 is 2.10 bits per heavy atom. The zero-order valence-corrected chi connectivity index (χ0v) is 12.5. The molecule has 0 aliphatic carbocycles. The van der Waals surface area contributed by atoms with Crippen LogP contribution in [0.2, 0.25) is 0 Å². The summed E-state index contributed by atoms with van der Waals surface area (Å²) < 4.78 is 31.3. The summed E-state index contributed by atoms with van der Waals surface area (Å²) in [7, 11) is 0. The molecule has 1 fully saturated rings. The first-order valence-corrected chi connectivity index (χ1v) is 6.59. The van der Waals surface area contributed by atoms with Crippen LogP contribution in [0.4, 0.5) is 14.5 Å². The SMILES string of the molecule is CCOCc1ccc(NC(=O)C2CC(F)(F)CN2)cc1.Cl. The topological polar surface area (TPSA) is 50.4 Å². The fourth-order valence-corrected chi connectivity index (χ4v) is 2.03. The van der Waals surface area contributed by atoms with Crippen LogP contribution in [0.3, 0.4) is 0 Å². The minimum absolute atomic E-state index is 0. The summed E-state index contributed by atoms with van der Waals surface area (Å²) in [6.45, 7) is 2.62. The van der Waals surface area contributed by atoms with E-state index < -0.39 is 30.8 Å². The molecule has 0 saturated carbocycles. The number of hydrogen-bond acceptors (Lipinski definition) is 3. The Balaban J connectivity index is 0.00000220. The number of ether oxygens (including phenoxy) is 1. The zero-order valence-electron chi connectivity index (χ0n) is 11.7. The Bertz CT molecular complexity index is 469. The van der Waals surface area contributed by atoms with Crippen LogP contribution in [0.1, 0.15) is 18.9 Å². The average Bonchev–Trinajstić information content (AvgIpc) is 2.78. The van der Waals surface area contributed by atoms with Crippen LogP contribution >= 0.6 is 12.4 Å². The van der Waals surface area contributed by atoms with Crippen LogP contribution in [-0.2, 0) is 16.1 Å². The Morgan fingerprint density at radius 3 is 2.62 bits per heavy atom. The third-order valence-corrected chi connectivity index (χ3v) is 3.12. The third kappa shape index (κ3) is 5.22. The molecule has 0 spiro atoms. The molecule has 4 nitrogen and oxygen atoms in total. The van der Waals surface area contributed by atoms with Gasteiger partial charge in [-0.15, -0.1) is 12.4 Å². The molecular formula is C14H19ClF2N2O2. The second-order valence-electron chi connectivity index (χ2n) is 4.82. The highest BCUT2D eigenvalue weighted by Gasteiger charge is 2.42. The Morgan fingerprint density at radius 1 is 1.43 bits per heavy atom. The summed E-state index contributed by atoms with van der Waals surface area (Å²) in [5.74, 6) is -3.23. The number of anilines is 1. The van der Waals surface area contributed by atoms with Gasteiger partial charge in [0.2, 0.25) is 5.91 Å². The molecule has 1 aromatic carbocycles. The third-order valence-electron chi connectivity index (χ3n) is 3.12. The summed E-state index contributed by atoms with van der Waals surface area (Å²) in [5.41, 5.74) is 1.59. The number of carbonyl (C=O) groups is 1. The van der Waals surface area contributed by atoms with Crippen molar-refractivity contribution in [3.63, 3.8) is 0 Å². The van der Waals surface area contributed by atoms with Gasteiger partial charge in [0.15, 0.2) is 0 Å². The fourth-order valence-electron chi connectivity index (χ4n) is 2.03. The first-order valence-electron chi connectivity index (χ1n) is 6.59. The first kappa shape index (κ1) is 17.8. The van der Waals surface area contributed by atoms with E-state index in [1.54, 1.807) is 12.1 Å². The molecule has 0 radical (unpaired) electrons. The van der Waals surface area contributed by atoms with E-state index >= 15 is 0 Å². The largest absolute Gasteiger partial charge is 0.377 e. The number of alkyl halides is 2. The molecule has 2 rings (SSSR count). The lowest BCUT2D eigenvalue weighted by Crippen LogP contribution is -2.35. The number of carbonyl (C=O) groups excluding carboxylic acids is 1. The molecule has 1 unspecified atom stereocenters. The lowest BCUT2D eigenvalue weighted by molar-refractivity contribution is -0.118. The van der Waals surface area contributed by atoms with E-state index in [4.69, 9.17) is 4.74 Å². The monoisotopic (exact) mass is 320 g/mol. The van der Waals surface area contributed by atoms with E-state index in [9.17, 15) is 13.6 Å². The van der Waals surface area contributed by atoms with Crippen molar-refractivity contribution in [1.29, 1.82) is 0 Å². The maximum absolute atomic E-state index is 13.0. The maximum atomic E-state index is 13.0. The van der Waals surface area contributed by atoms with Gasteiger partial charge in [-0.3, -0.25) is 10.1 Å². The average molecular weight is 321 g/mol. The van der Waals surface area contributed by atoms with E-state index in [1.807, 2.05) is 19.1 Å². The quantitative estimate of drug-likeness (QED) is 0.876. The molecule has 1 aliphatic rings. The molecule has 0 bridgehead atoms. The summed E-state index contributed by atoms with van der Waals surface area (Å²) in [6, 6.07) is 6.30. The van der Waals surface area contributed by atoms with Gasteiger partial charge in [0.05, 0.1) is 19.2 Å². The van der Waals surface area contributed by atoms with Crippen molar-refractivity contribution in [3.8, 4) is 0 Å². The molecule has 1 atom stereocenters. The number of nitrogens with one attached hydrogen (secondary N) is 2. The van der Waals surface area contributed by atoms with Gasteiger partial charge < -0.3 is 10.1 Å². The number of benzene rings is 1. The van der Waals surface area contributed by atoms with Crippen LogP contribution in [0, 0.1) is 0 Å². The van der Waals surface area contributed by atoms with Crippen molar-refractivity contribution >= 4 is 24.0 Å². The Labute approximate surface area is 128 Å². The van der Waals surface area contributed by atoms with Crippen LogP contribution < -0.4 is 10.6 Å². The Hall–Kier alpha value is -1.24. The summed E-state index contributed by atoms with van der Waals surface area (Å²) >= 11 is 0. The van der Waals surface area contributed by atoms with Crippen molar-refractivity contribution in [3.05, 3.63) is 29.8 Å². The lowest BCUT2D eigenvalue weighted by atomic mass is 10.1. The fraction of sp³-hybridized carbons (Fsp3) is 0.500. The molecule has 21 heavy (non-hydrogen) atoms. The van der Waals surface area contributed by atoms with Crippen molar-refractivity contribution in [2.24, 2.45) is 0 Å². The summed E-state index contributed by atoms with van der Waals surface area (Å²) in [4.78, 5) is 11.8. The summed E-state index contributed by atoms with van der Waals surface area (Å²) in [6.07, 6.45) is -0.457. The van der Waals surface area contributed by atoms with Crippen molar-refractivity contribution in [2.45, 2.75) is 31.9 Å². The van der Waals surface area contributed by atoms with Crippen LogP contribution in [0.15, 0.2) is 24.3 Å². The first-order chi connectivity index (χ1) is 9.50. The van der Waals surface area contributed by atoms with Gasteiger partial charge in [0.1, 0.15) is 0 Å². The minimum Gasteiger partial charge on any atom is -0.377 e. The van der Waals surface area contributed by atoms with Crippen LogP contribution in [-0.4, -0.2) is 31.0 Å². The van der Waals surface area contributed by atoms with E-state index in [0.717, 1.165) is 5.56 Å². The van der Waals surface area contributed by atoms with E-state index in [-0.39, 0.29) is 12.4 Å². The molecular weight excluding hydrogens is 302 g/mol. The Kier molecular flexibility index (Phi) is 6.51. The van der Waals surface area contributed by atoms with Gasteiger partial charge in [0.25, 0.3) is 5.92 Å². The lowest BCUT2D eigenvalue weighted by Gasteiger charge is -2.11. The van der Waals surface area contributed by atoms with Crippen molar-refractivity contribution in [1.82, 2.24) is 5.32 Å². The van der Waals surface area contributed by atoms with E-state index in [2.05, 4.69) is 10.6 Å². The molecule has 0 aromatic heterocycles. The molecule has 1 heterocycles. The smallest absolute Gasteiger partial charge is 0.262 e. The molecule has 2 N–H and O–H groups in total. The number of amides is 1. The van der Waals surface area contributed by atoms with Crippen molar-refractivity contribution < 1.29 is 18.3 Å². The predicted molar refractivity (Wildman–Crippen MR) is 79.0 cm³/mol. The molecule has 7 heteroatoms. The maximum Gasteiger partial charge on any atom is 0.262 e. The second kappa shape index (κ2) is 7.68. The highest BCUT2D eigenvalue weighted by Crippen LogP contribution is 2.25. The molecule has 1 aromatic rings. The second-order valence-corrected chi connectivity index (χ2v) is 4.82. The molecule has 1 saturated heterocycles. The standard InChI is InChI=1S/C14H18F2N2O2.ClH/c1-2-20-8-10-3-5-11(6-4-10)18-13(19)12-7-14(15,16)9-17-12;/h3-6,12,17H,2,7-9H2,1H3,(H,18,19);1H. The van der Waals surface area contributed by atoms with E-state index in [0.29, 0.717) is 18.9 Å². The van der Waals surface area contributed by atoms with Crippen molar-refractivity contribution in [2.75, 3.05) is 18.5 Å². The van der Waals surface area contributed by atoms with Gasteiger partial charge >= 0.3 is 0 Å². The van der Waals surface area contributed by atoms with Gasteiger partial charge in [0, 0.05) is 18.7 Å². The zero-order chi connectivity index (χ0) is 14.6.